The maximum absolute atomic E-state index is 11.2. The minimum Gasteiger partial charge on any atom is -0.483 e. The van der Waals surface area contributed by atoms with E-state index in [1.807, 2.05) is 6.92 Å². The number of ether oxygens (including phenoxy) is 1. The summed E-state index contributed by atoms with van der Waals surface area (Å²) < 4.78 is 5.77. The third kappa shape index (κ3) is 2.72. The van der Waals surface area contributed by atoms with Crippen LogP contribution in [-0.2, 0) is 0 Å². The van der Waals surface area contributed by atoms with Gasteiger partial charge in [0.1, 0.15) is 5.69 Å². The van der Waals surface area contributed by atoms with E-state index >= 15 is 0 Å². The predicted octanol–water partition coefficient (Wildman–Crippen LogP) is 3.35. The van der Waals surface area contributed by atoms with Crippen LogP contribution in [0.1, 0.15) is 32.6 Å². The summed E-state index contributed by atoms with van der Waals surface area (Å²) in [6.07, 6.45) is 4.39. The largest absolute Gasteiger partial charge is 0.483 e. The third-order valence-electron chi connectivity index (χ3n) is 3.14. The maximum Gasteiger partial charge on any atom is 0.333 e. The van der Waals surface area contributed by atoms with Crippen molar-refractivity contribution in [1.29, 1.82) is 0 Å². The van der Waals surface area contributed by atoms with Crippen LogP contribution in [0.15, 0.2) is 18.2 Å². The molecular formula is C13H18N2O3. The number of nitro groups is 1. The van der Waals surface area contributed by atoms with Crippen molar-refractivity contribution in [3.8, 4) is 5.75 Å². The van der Waals surface area contributed by atoms with E-state index in [1.165, 1.54) is 0 Å². The number of nitrogens with one attached hydrogen (secondary N) is 1. The van der Waals surface area contributed by atoms with E-state index in [2.05, 4.69) is 5.32 Å². The third-order valence-corrected chi connectivity index (χ3v) is 3.14. The van der Waals surface area contributed by atoms with Gasteiger partial charge in [0, 0.05) is 6.54 Å². The standard InChI is InChI=1S/C13H18N2O3/c1-2-14-11-8-5-9-12(13(11)15(16)17)18-10-6-3-4-7-10/h5,8-10,14H,2-4,6-7H2,1H3. The minimum atomic E-state index is -0.373. The van der Waals surface area contributed by atoms with E-state index in [-0.39, 0.29) is 16.7 Å². The first kappa shape index (κ1) is 12.7. The zero-order chi connectivity index (χ0) is 13.0. The molecule has 1 N–H and O–H groups in total. The first-order valence-corrected chi connectivity index (χ1v) is 6.40. The lowest BCUT2D eigenvalue weighted by Gasteiger charge is -2.14. The molecule has 0 radical (unpaired) electrons. The number of rotatable bonds is 5. The highest BCUT2D eigenvalue weighted by molar-refractivity contribution is 5.68. The molecule has 1 saturated carbocycles. The highest BCUT2D eigenvalue weighted by Crippen LogP contribution is 2.36. The molecule has 1 fully saturated rings. The Morgan fingerprint density at radius 3 is 2.78 bits per heavy atom. The van der Waals surface area contributed by atoms with Gasteiger partial charge >= 0.3 is 5.69 Å². The molecule has 0 aliphatic heterocycles. The molecule has 1 aromatic rings. The molecule has 0 saturated heterocycles. The number of para-hydroxylation sites is 1. The molecule has 0 atom stereocenters. The van der Waals surface area contributed by atoms with Crippen LogP contribution in [-0.4, -0.2) is 17.6 Å². The lowest BCUT2D eigenvalue weighted by atomic mass is 10.2. The van der Waals surface area contributed by atoms with Crippen LogP contribution in [0.4, 0.5) is 11.4 Å². The maximum atomic E-state index is 11.2. The number of benzene rings is 1. The van der Waals surface area contributed by atoms with Gasteiger partial charge in [-0.3, -0.25) is 10.1 Å². The van der Waals surface area contributed by atoms with Gasteiger partial charge in [0.05, 0.1) is 11.0 Å². The topological polar surface area (TPSA) is 64.4 Å². The van der Waals surface area contributed by atoms with Crippen molar-refractivity contribution in [3.05, 3.63) is 28.3 Å². The molecule has 5 nitrogen and oxygen atoms in total. The van der Waals surface area contributed by atoms with Crippen LogP contribution in [0.2, 0.25) is 0 Å². The van der Waals surface area contributed by atoms with Crippen molar-refractivity contribution in [3.63, 3.8) is 0 Å². The molecular weight excluding hydrogens is 232 g/mol. The Bertz CT molecular complexity index is 428. The summed E-state index contributed by atoms with van der Waals surface area (Å²) in [5, 5.41) is 14.2. The fourth-order valence-corrected chi connectivity index (χ4v) is 2.32. The number of anilines is 1. The SMILES string of the molecule is CCNc1cccc(OC2CCCC2)c1[N+](=O)[O-]. The Morgan fingerprint density at radius 2 is 2.17 bits per heavy atom. The number of nitro benzene ring substituents is 1. The molecule has 1 aromatic carbocycles. The second kappa shape index (κ2) is 5.71. The molecule has 0 aromatic heterocycles. The molecule has 0 heterocycles. The Kier molecular flexibility index (Phi) is 4.02. The summed E-state index contributed by atoms with van der Waals surface area (Å²) in [5.74, 6) is 0.380. The van der Waals surface area contributed by atoms with Gasteiger partial charge in [0.15, 0.2) is 5.75 Å². The zero-order valence-corrected chi connectivity index (χ0v) is 10.5. The number of nitrogens with zero attached hydrogens (tertiary/aromatic N) is 1. The monoisotopic (exact) mass is 250 g/mol. The van der Waals surface area contributed by atoms with Gasteiger partial charge in [-0.1, -0.05) is 6.07 Å². The summed E-state index contributed by atoms with van der Waals surface area (Å²) in [6.45, 7) is 2.56. The highest BCUT2D eigenvalue weighted by atomic mass is 16.6. The van der Waals surface area contributed by atoms with Crippen LogP contribution in [0.25, 0.3) is 0 Å². The number of hydrogen-bond donors (Lipinski definition) is 1. The first-order chi connectivity index (χ1) is 8.72. The average Bonchev–Trinajstić information content (AvgIpc) is 2.82. The highest BCUT2D eigenvalue weighted by Gasteiger charge is 2.24. The lowest BCUT2D eigenvalue weighted by molar-refractivity contribution is -0.385. The fraction of sp³-hybridized carbons (Fsp3) is 0.538. The Balaban J connectivity index is 2.26. The fourth-order valence-electron chi connectivity index (χ4n) is 2.32. The minimum absolute atomic E-state index is 0.0475. The van der Waals surface area contributed by atoms with Crippen molar-refractivity contribution in [2.24, 2.45) is 0 Å². The van der Waals surface area contributed by atoms with E-state index in [0.29, 0.717) is 18.0 Å². The quantitative estimate of drug-likeness (QED) is 0.643. The van der Waals surface area contributed by atoms with Crippen molar-refractivity contribution in [2.75, 3.05) is 11.9 Å². The van der Waals surface area contributed by atoms with Crippen molar-refractivity contribution >= 4 is 11.4 Å². The molecule has 0 unspecified atom stereocenters. The summed E-state index contributed by atoms with van der Waals surface area (Å²) >= 11 is 0. The molecule has 98 valence electrons. The van der Waals surface area contributed by atoms with Crippen LogP contribution < -0.4 is 10.1 Å². The van der Waals surface area contributed by atoms with E-state index in [0.717, 1.165) is 25.7 Å². The van der Waals surface area contributed by atoms with Gasteiger partial charge in [0.2, 0.25) is 0 Å². The molecule has 0 amide bonds. The van der Waals surface area contributed by atoms with Gasteiger partial charge < -0.3 is 10.1 Å². The zero-order valence-electron chi connectivity index (χ0n) is 10.5. The summed E-state index contributed by atoms with van der Waals surface area (Å²) in [4.78, 5) is 10.8. The number of hydrogen-bond acceptors (Lipinski definition) is 4. The van der Waals surface area contributed by atoms with Gasteiger partial charge in [0.25, 0.3) is 0 Å². The lowest BCUT2D eigenvalue weighted by Crippen LogP contribution is -2.12. The van der Waals surface area contributed by atoms with Gasteiger partial charge in [-0.15, -0.1) is 0 Å². The van der Waals surface area contributed by atoms with Crippen molar-refractivity contribution in [2.45, 2.75) is 38.7 Å². The second-order valence-corrected chi connectivity index (χ2v) is 4.46. The van der Waals surface area contributed by atoms with E-state index in [1.54, 1.807) is 18.2 Å². The molecule has 18 heavy (non-hydrogen) atoms. The second-order valence-electron chi connectivity index (χ2n) is 4.46. The molecule has 1 aliphatic carbocycles. The average molecular weight is 250 g/mol. The smallest absolute Gasteiger partial charge is 0.333 e. The molecule has 2 rings (SSSR count). The van der Waals surface area contributed by atoms with Crippen LogP contribution in [0, 0.1) is 10.1 Å². The van der Waals surface area contributed by atoms with Gasteiger partial charge in [-0.05, 0) is 44.7 Å². The first-order valence-electron chi connectivity index (χ1n) is 6.40. The van der Waals surface area contributed by atoms with Crippen LogP contribution >= 0.6 is 0 Å². The van der Waals surface area contributed by atoms with E-state index in [9.17, 15) is 10.1 Å². The Hall–Kier alpha value is -1.78. The molecule has 1 aliphatic rings. The van der Waals surface area contributed by atoms with Gasteiger partial charge in [-0.2, -0.15) is 0 Å². The summed E-state index contributed by atoms with van der Waals surface area (Å²) in [7, 11) is 0. The van der Waals surface area contributed by atoms with Crippen molar-refractivity contribution < 1.29 is 9.66 Å². The van der Waals surface area contributed by atoms with Gasteiger partial charge in [-0.25, -0.2) is 0 Å². The molecule has 5 heteroatoms. The summed E-state index contributed by atoms with van der Waals surface area (Å²) in [6, 6.07) is 5.18. The Labute approximate surface area is 106 Å². The normalized spacial score (nSPS) is 15.6. The van der Waals surface area contributed by atoms with Crippen molar-refractivity contribution in [1.82, 2.24) is 0 Å². The molecule has 0 spiro atoms. The van der Waals surface area contributed by atoms with E-state index < -0.39 is 0 Å². The van der Waals surface area contributed by atoms with Crippen LogP contribution in [0.3, 0.4) is 0 Å². The van der Waals surface area contributed by atoms with E-state index in [4.69, 9.17) is 4.74 Å². The van der Waals surface area contributed by atoms with Crippen LogP contribution in [0.5, 0.6) is 5.75 Å². The molecule has 0 bridgehead atoms. The predicted molar refractivity (Wildman–Crippen MR) is 70.1 cm³/mol. The Morgan fingerprint density at radius 1 is 1.44 bits per heavy atom. The summed E-state index contributed by atoms with van der Waals surface area (Å²) in [5.41, 5.74) is 0.573.